The monoisotopic (exact) mass is 356 g/mol. The van der Waals surface area contributed by atoms with Crippen LogP contribution < -0.4 is 16.0 Å². The number of aromatic nitrogens is 3. The van der Waals surface area contributed by atoms with Gasteiger partial charge >= 0.3 is 0 Å². The van der Waals surface area contributed by atoms with Gasteiger partial charge in [0.15, 0.2) is 0 Å². The molecule has 0 amide bonds. The van der Waals surface area contributed by atoms with Gasteiger partial charge in [0, 0.05) is 56.1 Å². The average molecular weight is 357 g/mol. The summed E-state index contributed by atoms with van der Waals surface area (Å²) >= 11 is 6.53. The summed E-state index contributed by atoms with van der Waals surface area (Å²) in [6.45, 7) is 4.34. The Bertz CT molecular complexity index is 884. The summed E-state index contributed by atoms with van der Waals surface area (Å²) in [5, 5.41) is 5.07. The van der Waals surface area contributed by atoms with Crippen LogP contribution in [0.2, 0.25) is 5.02 Å². The molecular weight excluding hydrogens is 336 g/mol. The molecule has 7 heteroatoms. The zero-order chi connectivity index (χ0) is 17.2. The lowest BCUT2D eigenvalue weighted by Gasteiger charge is -2.29. The molecule has 1 fully saturated rings. The molecule has 6 nitrogen and oxygen atoms in total. The minimum absolute atomic E-state index is 0.575. The number of fused-ring (bicyclic) bond motifs is 1. The van der Waals surface area contributed by atoms with E-state index in [2.05, 4.69) is 31.9 Å². The number of anilines is 1. The highest BCUT2D eigenvalue weighted by atomic mass is 35.5. The molecule has 3 N–H and O–H groups in total. The van der Waals surface area contributed by atoms with E-state index >= 15 is 0 Å². The van der Waals surface area contributed by atoms with Crippen LogP contribution in [0.3, 0.4) is 0 Å². The van der Waals surface area contributed by atoms with Crippen molar-refractivity contribution in [1.82, 2.24) is 19.9 Å². The Hall–Kier alpha value is -2.15. The smallest absolute Gasteiger partial charge is 0.148 e. The number of piperazine rings is 1. The third-order valence-corrected chi connectivity index (χ3v) is 4.79. The van der Waals surface area contributed by atoms with Crippen molar-refractivity contribution in [3.8, 4) is 5.69 Å². The molecule has 1 aliphatic rings. The lowest BCUT2D eigenvalue weighted by molar-refractivity contribution is 0.585. The van der Waals surface area contributed by atoms with Gasteiger partial charge in [0.05, 0.1) is 10.5 Å². The third-order valence-electron chi connectivity index (χ3n) is 4.51. The molecule has 0 saturated carbocycles. The van der Waals surface area contributed by atoms with E-state index in [0.717, 1.165) is 60.8 Å². The zero-order valence-corrected chi connectivity index (χ0v) is 14.7. The number of hydrogen-bond acceptors (Lipinski definition) is 5. The fourth-order valence-corrected chi connectivity index (χ4v) is 3.54. The van der Waals surface area contributed by atoms with Crippen molar-refractivity contribution < 1.29 is 0 Å². The molecule has 0 radical (unpaired) electrons. The van der Waals surface area contributed by atoms with Gasteiger partial charge in [-0.05, 0) is 30.8 Å². The average Bonchev–Trinajstić information content (AvgIpc) is 3.10. The van der Waals surface area contributed by atoms with Crippen molar-refractivity contribution in [1.29, 1.82) is 0 Å². The van der Waals surface area contributed by atoms with Gasteiger partial charge in [0.25, 0.3) is 0 Å². The van der Waals surface area contributed by atoms with Crippen molar-refractivity contribution in [2.24, 2.45) is 5.73 Å². The molecule has 0 aliphatic carbocycles. The summed E-state index contributed by atoms with van der Waals surface area (Å²) in [5.74, 6) is 1.83. The van der Waals surface area contributed by atoms with Gasteiger partial charge < -0.3 is 20.5 Å². The molecule has 1 saturated heterocycles. The normalized spacial score (nSPS) is 15.0. The van der Waals surface area contributed by atoms with Crippen LogP contribution in [0.4, 0.5) is 5.82 Å². The number of hydrogen-bond donors (Lipinski definition) is 2. The summed E-state index contributed by atoms with van der Waals surface area (Å²) in [6, 6.07) is 8.20. The van der Waals surface area contributed by atoms with Crippen molar-refractivity contribution in [2.45, 2.75) is 6.42 Å². The summed E-state index contributed by atoms with van der Waals surface area (Å²) in [5.41, 5.74) is 7.66. The fraction of sp³-hybridized carbons (Fsp3) is 0.333. The second-order valence-electron chi connectivity index (χ2n) is 6.16. The standard InChI is InChI=1S/C18H21ClN6/c19-15-12-13-11-14(25-10-7-22-17(25)3-4-20)1-2-16(13)23-18(15)24-8-5-21-6-9-24/h1-2,7,10-12,21H,3-6,8-9,20H2. The van der Waals surface area contributed by atoms with Crippen molar-refractivity contribution in [3.05, 3.63) is 47.5 Å². The number of pyridine rings is 1. The molecule has 2 aromatic heterocycles. The van der Waals surface area contributed by atoms with E-state index in [4.69, 9.17) is 22.3 Å². The molecule has 1 aromatic carbocycles. The van der Waals surface area contributed by atoms with Gasteiger partial charge in [-0.25, -0.2) is 9.97 Å². The maximum absolute atomic E-state index is 6.53. The highest BCUT2D eigenvalue weighted by Gasteiger charge is 2.16. The predicted molar refractivity (Wildman–Crippen MR) is 102 cm³/mol. The Morgan fingerprint density at radius 1 is 1.20 bits per heavy atom. The quantitative estimate of drug-likeness (QED) is 0.748. The minimum atomic E-state index is 0.575. The summed E-state index contributed by atoms with van der Waals surface area (Å²) in [6.07, 6.45) is 4.50. The molecule has 0 atom stereocenters. The van der Waals surface area contributed by atoms with Crippen LogP contribution in [-0.2, 0) is 6.42 Å². The van der Waals surface area contributed by atoms with Crippen LogP contribution >= 0.6 is 11.6 Å². The summed E-state index contributed by atoms with van der Waals surface area (Å²) in [4.78, 5) is 11.4. The molecule has 3 heterocycles. The van der Waals surface area contributed by atoms with Crippen LogP contribution in [0, 0.1) is 0 Å². The van der Waals surface area contributed by atoms with Gasteiger partial charge in [-0.15, -0.1) is 0 Å². The number of nitrogens with two attached hydrogens (primary N) is 1. The van der Waals surface area contributed by atoms with Gasteiger partial charge in [-0.3, -0.25) is 0 Å². The van der Waals surface area contributed by atoms with Gasteiger partial charge in [-0.1, -0.05) is 11.6 Å². The van der Waals surface area contributed by atoms with Crippen LogP contribution in [0.1, 0.15) is 5.82 Å². The molecular formula is C18H21ClN6. The van der Waals surface area contributed by atoms with Crippen LogP contribution in [0.15, 0.2) is 36.7 Å². The number of nitrogens with zero attached hydrogens (tertiary/aromatic N) is 4. The van der Waals surface area contributed by atoms with Gasteiger partial charge in [-0.2, -0.15) is 0 Å². The lowest BCUT2D eigenvalue weighted by Crippen LogP contribution is -2.44. The maximum Gasteiger partial charge on any atom is 0.148 e. The first-order chi connectivity index (χ1) is 12.3. The highest BCUT2D eigenvalue weighted by Crippen LogP contribution is 2.29. The van der Waals surface area contributed by atoms with Crippen LogP contribution in [0.5, 0.6) is 0 Å². The summed E-state index contributed by atoms with van der Waals surface area (Å²) in [7, 11) is 0. The number of nitrogens with one attached hydrogen (secondary N) is 1. The Balaban J connectivity index is 1.73. The van der Waals surface area contributed by atoms with Crippen molar-refractivity contribution >= 4 is 28.3 Å². The van der Waals surface area contributed by atoms with Crippen LogP contribution in [0.25, 0.3) is 16.6 Å². The van der Waals surface area contributed by atoms with E-state index in [-0.39, 0.29) is 0 Å². The lowest BCUT2D eigenvalue weighted by atomic mass is 10.2. The second-order valence-corrected chi connectivity index (χ2v) is 6.57. The maximum atomic E-state index is 6.53. The fourth-order valence-electron chi connectivity index (χ4n) is 3.26. The van der Waals surface area contributed by atoms with Gasteiger partial charge in [0.1, 0.15) is 11.6 Å². The SMILES string of the molecule is NCCc1nccn1-c1ccc2nc(N3CCNCC3)c(Cl)cc2c1. The molecule has 0 spiro atoms. The highest BCUT2D eigenvalue weighted by molar-refractivity contribution is 6.33. The van der Waals surface area contributed by atoms with E-state index in [1.807, 2.05) is 18.3 Å². The molecule has 3 aromatic rings. The Kier molecular flexibility index (Phi) is 4.57. The first-order valence-corrected chi connectivity index (χ1v) is 8.93. The minimum Gasteiger partial charge on any atom is -0.353 e. The van der Waals surface area contributed by atoms with Gasteiger partial charge in [0.2, 0.25) is 0 Å². The molecule has 0 bridgehead atoms. The van der Waals surface area contributed by atoms with Crippen molar-refractivity contribution in [2.75, 3.05) is 37.6 Å². The van der Waals surface area contributed by atoms with E-state index in [9.17, 15) is 0 Å². The first kappa shape index (κ1) is 16.3. The Labute approximate surface area is 151 Å². The topological polar surface area (TPSA) is 72.0 Å². The number of benzene rings is 1. The largest absolute Gasteiger partial charge is 0.353 e. The van der Waals surface area contributed by atoms with E-state index in [0.29, 0.717) is 11.6 Å². The van der Waals surface area contributed by atoms with Crippen molar-refractivity contribution in [3.63, 3.8) is 0 Å². The first-order valence-electron chi connectivity index (χ1n) is 8.55. The van der Waals surface area contributed by atoms with E-state index in [1.54, 1.807) is 6.20 Å². The molecule has 0 unspecified atom stereocenters. The predicted octanol–water partition coefficient (Wildman–Crippen LogP) is 1.98. The van der Waals surface area contributed by atoms with Crippen LogP contribution in [-0.4, -0.2) is 47.3 Å². The Morgan fingerprint density at radius 2 is 2.04 bits per heavy atom. The number of halogens is 1. The summed E-state index contributed by atoms with van der Waals surface area (Å²) < 4.78 is 2.06. The third kappa shape index (κ3) is 3.20. The molecule has 130 valence electrons. The van der Waals surface area contributed by atoms with E-state index < -0.39 is 0 Å². The molecule has 25 heavy (non-hydrogen) atoms. The second kappa shape index (κ2) is 7.00. The Morgan fingerprint density at radius 3 is 2.84 bits per heavy atom. The number of rotatable bonds is 4. The molecule has 1 aliphatic heterocycles. The molecule has 4 rings (SSSR count). The van der Waals surface area contributed by atoms with E-state index in [1.165, 1.54) is 0 Å². The number of imidazole rings is 1. The zero-order valence-electron chi connectivity index (χ0n) is 14.0.